The predicted molar refractivity (Wildman–Crippen MR) is 69.8 cm³/mol. The molecule has 0 aliphatic rings. The topological polar surface area (TPSA) is 68.6 Å². The molecule has 19 heavy (non-hydrogen) atoms. The van der Waals surface area contributed by atoms with Gasteiger partial charge in [0.2, 0.25) is 0 Å². The van der Waals surface area contributed by atoms with Gasteiger partial charge in [0.1, 0.15) is 23.1 Å². The smallest absolute Gasteiger partial charge is 0.348 e. The third-order valence-corrected chi connectivity index (χ3v) is 2.36. The minimum atomic E-state index is -0.650. The molecule has 0 heterocycles. The van der Waals surface area contributed by atoms with E-state index in [1.54, 1.807) is 32.2 Å². The van der Waals surface area contributed by atoms with Gasteiger partial charge in [-0.1, -0.05) is 0 Å². The zero-order chi connectivity index (χ0) is 14.3. The van der Waals surface area contributed by atoms with E-state index >= 15 is 0 Å². The third-order valence-electron chi connectivity index (χ3n) is 2.36. The number of rotatable bonds is 5. The van der Waals surface area contributed by atoms with Crippen LogP contribution in [-0.2, 0) is 9.53 Å². The molecular formula is C14H15NO4. The fourth-order valence-electron chi connectivity index (χ4n) is 1.44. The Morgan fingerprint density at radius 3 is 2.63 bits per heavy atom. The monoisotopic (exact) mass is 261 g/mol. The highest BCUT2D eigenvalue weighted by atomic mass is 16.5. The largest absolute Gasteiger partial charge is 0.497 e. The summed E-state index contributed by atoms with van der Waals surface area (Å²) in [6.07, 6.45) is 1.43. The average Bonchev–Trinajstić information content (AvgIpc) is 2.44. The molecule has 1 rings (SSSR count). The Balaban J connectivity index is 3.15. The summed E-state index contributed by atoms with van der Waals surface area (Å²) in [5.74, 6) is 0.489. The molecule has 5 nitrogen and oxygen atoms in total. The summed E-state index contributed by atoms with van der Waals surface area (Å²) in [7, 11) is 3.05. The fraction of sp³-hybridized carbons (Fsp3) is 0.286. The van der Waals surface area contributed by atoms with Gasteiger partial charge in [-0.2, -0.15) is 5.26 Å². The van der Waals surface area contributed by atoms with Crippen LogP contribution in [0.2, 0.25) is 0 Å². The molecule has 0 saturated carbocycles. The summed E-state index contributed by atoms with van der Waals surface area (Å²) in [5.41, 5.74) is 0.526. The van der Waals surface area contributed by atoms with Crippen molar-refractivity contribution in [2.45, 2.75) is 6.92 Å². The Bertz CT molecular complexity index is 529. The van der Waals surface area contributed by atoms with Crippen LogP contribution >= 0.6 is 0 Å². The van der Waals surface area contributed by atoms with Crippen molar-refractivity contribution < 1.29 is 19.0 Å². The van der Waals surface area contributed by atoms with Gasteiger partial charge in [0.15, 0.2) is 0 Å². The molecule has 0 bridgehead atoms. The molecule has 1 aromatic rings. The van der Waals surface area contributed by atoms with E-state index in [-0.39, 0.29) is 12.2 Å². The number of hydrogen-bond acceptors (Lipinski definition) is 5. The van der Waals surface area contributed by atoms with Crippen LogP contribution in [0.3, 0.4) is 0 Å². The van der Waals surface area contributed by atoms with Gasteiger partial charge in [0.25, 0.3) is 0 Å². The quantitative estimate of drug-likeness (QED) is 0.461. The Morgan fingerprint density at radius 1 is 1.37 bits per heavy atom. The number of carbonyl (C=O) groups excluding carboxylic acids is 1. The van der Waals surface area contributed by atoms with Gasteiger partial charge in [-0.25, -0.2) is 4.79 Å². The molecule has 0 radical (unpaired) electrons. The van der Waals surface area contributed by atoms with E-state index in [0.717, 1.165) is 0 Å². The van der Waals surface area contributed by atoms with Crippen LogP contribution in [0.4, 0.5) is 0 Å². The molecule has 100 valence electrons. The lowest BCUT2D eigenvalue weighted by molar-refractivity contribution is -0.137. The first-order valence-corrected chi connectivity index (χ1v) is 5.67. The Hall–Kier alpha value is -2.48. The Kier molecular flexibility index (Phi) is 5.42. The van der Waals surface area contributed by atoms with Crippen molar-refractivity contribution in [3.63, 3.8) is 0 Å². The van der Waals surface area contributed by atoms with Crippen molar-refractivity contribution in [3.8, 4) is 17.6 Å². The van der Waals surface area contributed by atoms with Gasteiger partial charge in [-0.05, 0) is 25.1 Å². The summed E-state index contributed by atoms with van der Waals surface area (Å²) < 4.78 is 15.0. The third kappa shape index (κ3) is 3.75. The molecule has 0 fully saturated rings. The maximum absolute atomic E-state index is 11.5. The summed E-state index contributed by atoms with van der Waals surface area (Å²) >= 11 is 0. The number of ether oxygens (including phenoxy) is 3. The SMILES string of the molecule is CCOC(=O)/C(C#N)=C\c1ccc(OC)cc1OC. The zero-order valence-electron chi connectivity index (χ0n) is 11.1. The first-order chi connectivity index (χ1) is 9.15. The molecule has 0 saturated heterocycles. The van der Waals surface area contributed by atoms with Crippen molar-refractivity contribution in [1.29, 1.82) is 5.26 Å². The van der Waals surface area contributed by atoms with Gasteiger partial charge in [-0.15, -0.1) is 0 Å². The summed E-state index contributed by atoms with van der Waals surface area (Å²) in [5, 5.41) is 8.96. The van der Waals surface area contributed by atoms with Crippen molar-refractivity contribution in [2.24, 2.45) is 0 Å². The molecule has 0 unspecified atom stereocenters. The Labute approximate surface area is 112 Å². The van der Waals surface area contributed by atoms with E-state index in [2.05, 4.69) is 0 Å². The average molecular weight is 261 g/mol. The number of methoxy groups -OCH3 is 2. The number of carbonyl (C=O) groups is 1. The molecule has 0 amide bonds. The van der Waals surface area contributed by atoms with E-state index in [1.165, 1.54) is 13.2 Å². The van der Waals surface area contributed by atoms with E-state index < -0.39 is 5.97 Å². The maximum Gasteiger partial charge on any atom is 0.348 e. The van der Waals surface area contributed by atoms with Gasteiger partial charge in [0.05, 0.1) is 20.8 Å². The van der Waals surface area contributed by atoms with Crippen LogP contribution < -0.4 is 9.47 Å². The molecule has 0 spiro atoms. The van der Waals surface area contributed by atoms with Crippen LogP contribution in [0.15, 0.2) is 23.8 Å². The van der Waals surface area contributed by atoms with Crippen LogP contribution in [-0.4, -0.2) is 26.8 Å². The normalized spacial score (nSPS) is 10.5. The highest BCUT2D eigenvalue weighted by Gasteiger charge is 2.11. The molecular weight excluding hydrogens is 246 g/mol. The van der Waals surface area contributed by atoms with E-state index in [9.17, 15) is 4.79 Å². The van der Waals surface area contributed by atoms with E-state index in [1.807, 2.05) is 6.07 Å². The zero-order valence-corrected chi connectivity index (χ0v) is 11.1. The highest BCUT2D eigenvalue weighted by molar-refractivity contribution is 5.98. The second-order valence-electron chi connectivity index (χ2n) is 3.50. The summed E-state index contributed by atoms with van der Waals surface area (Å²) in [6.45, 7) is 1.90. The first kappa shape index (κ1) is 14.6. The molecule has 0 N–H and O–H groups in total. The second-order valence-corrected chi connectivity index (χ2v) is 3.50. The number of esters is 1. The van der Waals surface area contributed by atoms with Crippen LogP contribution in [0, 0.1) is 11.3 Å². The standard InChI is InChI=1S/C14H15NO4/c1-4-19-14(16)11(9-15)7-10-5-6-12(17-2)8-13(10)18-3/h5-8H,4H2,1-3H3/b11-7-. The lowest BCUT2D eigenvalue weighted by atomic mass is 10.1. The maximum atomic E-state index is 11.5. The number of nitriles is 1. The van der Waals surface area contributed by atoms with Gasteiger partial charge >= 0.3 is 5.97 Å². The molecule has 5 heteroatoms. The molecule has 0 aliphatic carbocycles. The van der Waals surface area contributed by atoms with E-state index in [0.29, 0.717) is 17.1 Å². The molecule has 0 aliphatic heterocycles. The minimum absolute atomic E-state index is 0.0784. The number of hydrogen-bond donors (Lipinski definition) is 0. The van der Waals surface area contributed by atoms with Gasteiger partial charge in [-0.3, -0.25) is 0 Å². The summed E-state index contributed by atoms with van der Waals surface area (Å²) in [4.78, 5) is 11.5. The number of nitrogens with zero attached hydrogens (tertiary/aromatic N) is 1. The lowest BCUT2D eigenvalue weighted by Crippen LogP contribution is -2.06. The second kappa shape index (κ2) is 7.07. The lowest BCUT2D eigenvalue weighted by Gasteiger charge is -2.07. The van der Waals surface area contributed by atoms with Gasteiger partial charge < -0.3 is 14.2 Å². The van der Waals surface area contributed by atoms with Crippen molar-refractivity contribution in [2.75, 3.05) is 20.8 Å². The minimum Gasteiger partial charge on any atom is -0.497 e. The molecule has 0 aromatic heterocycles. The van der Waals surface area contributed by atoms with Crippen molar-refractivity contribution >= 4 is 12.0 Å². The van der Waals surface area contributed by atoms with Crippen LogP contribution in [0.25, 0.3) is 6.08 Å². The van der Waals surface area contributed by atoms with Crippen LogP contribution in [0.5, 0.6) is 11.5 Å². The summed E-state index contributed by atoms with van der Waals surface area (Å²) in [6, 6.07) is 6.91. The highest BCUT2D eigenvalue weighted by Crippen LogP contribution is 2.26. The van der Waals surface area contributed by atoms with Crippen molar-refractivity contribution in [3.05, 3.63) is 29.3 Å². The predicted octanol–water partition coefficient (Wildman–Crippen LogP) is 2.17. The first-order valence-electron chi connectivity index (χ1n) is 5.67. The van der Waals surface area contributed by atoms with Gasteiger partial charge in [0, 0.05) is 11.6 Å². The van der Waals surface area contributed by atoms with E-state index in [4.69, 9.17) is 19.5 Å². The number of benzene rings is 1. The molecule has 0 atom stereocenters. The van der Waals surface area contributed by atoms with Crippen molar-refractivity contribution in [1.82, 2.24) is 0 Å². The Morgan fingerprint density at radius 2 is 2.11 bits per heavy atom. The fourth-order valence-corrected chi connectivity index (χ4v) is 1.44. The van der Waals surface area contributed by atoms with Crippen LogP contribution in [0.1, 0.15) is 12.5 Å². The molecule has 1 aromatic carbocycles.